The van der Waals surface area contributed by atoms with E-state index in [9.17, 15) is 9.59 Å². The van der Waals surface area contributed by atoms with Gasteiger partial charge in [0.25, 0.3) is 0 Å². The topological polar surface area (TPSA) is 52.6 Å². The van der Waals surface area contributed by atoms with Crippen LogP contribution in [-0.4, -0.2) is 31.6 Å². The van der Waals surface area contributed by atoms with Crippen molar-refractivity contribution in [3.05, 3.63) is 0 Å². The Morgan fingerprint density at radius 1 is 1.60 bits per heavy atom. The van der Waals surface area contributed by atoms with Crippen LogP contribution in [0, 0.1) is 5.92 Å². The van der Waals surface area contributed by atoms with Crippen LogP contribution >= 0.6 is 0 Å². The number of hydrogen-bond donors (Lipinski definition) is 0. The lowest BCUT2D eigenvalue weighted by Crippen LogP contribution is -2.29. The van der Waals surface area contributed by atoms with Gasteiger partial charge in [-0.2, -0.15) is 0 Å². The Morgan fingerprint density at radius 2 is 2.33 bits per heavy atom. The van der Waals surface area contributed by atoms with E-state index in [1.165, 1.54) is 7.11 Å². The first-order valence-electron chi connectivity index (χ1n) is 5.39. The molecule has 0 aromatic carbocycles. The summed E-state index contributed by atoms with van der Waals surface area (Å²) in [4.78, 5) is 21.7. The molecule has 1 heterocycles. The molecular weight excluding hydrogens is 196 g/mol. The fraction of sp³-hybridized carbons (Fsp3) is 0.818. The molecule has 1 fully saturated rings. The van der Waals surface area contributed by atoms with Gasteiger partial charge in [0.05, 0.1) is 25.2 Å². The van der Waals surface area contributed by atoms with Crippen molar-refractivity contribution in [2.45, 2.75) is 44.8 Å². The third-order valence-corrected chi connectivity index (χ3v) is 2.89. The van der Waals surface area contributed by atoms with Crippen LogP contribution in [0.2, 0.25) is 0 Å². The summed E-state index contributed by atoms with van der Waals surface area (Å²) in [5, 5.41) is 0. The summed E-state index contributed by atoms with van der Waals surface area (Å²) in [7, 11) is 1.39. The van der Waals surface area contributed by atoms with Crippen LogP contribution in [0.5, 0.6) is 0 Å². The molecule has 0 bridgehead atoms. The summed E-state index contributed by atoms with van der Waals surface area (Å²) in [5.41, 5.74) is 0. The summed E-state index contributed by atoms with van der Waals surface area (Å²) >= 11 is 0. The number of rotatable bonds is 5. The number of ether oxygens (including phenoxy) is 2. The molecule has 4 heteroatoms. The summed E-state index contributed by atoms with van der Waals surface area (Å²) in [6.07, 6.45) is 3.62. The third-order valence-electron chi connectivity index (χ3n) is 2.89. The van der Waals surface area contributed by atoms with Gasteiger partial charge >= 0.3 is 5.97 Å². The lowest BCUT2D eigenvalue weighted by molar-refractivity contribution is -0.151. The maximum Gasteiger partial charge on any atom is 0.311 e. The van der Waals surface area contributed by atoms with Gasteiger partial charge in [-0.25, -0.2) is 0 Å². The number of aldehydes is 1. The van der Waals surface area contributed by atoms with Gasteiger partial charge in [0.15, 0.2) is 0 Å². The third kappa shape index (κ3) is 3.02. The molecule has 1 saturated heterocycles. The van der Waals surface area contributed by atoms with Crippen molar-refractivity contribution in [1.29, 1.82) is 0 Å². The smallest absolute Gasteiger partial charge is 0.311 e. The highest BCUT2D eigenvalue weighted by molar-refractivity contribution is 5.72. The molecule has 1 rings (SSSR count). The zero-order valence-corrected chi connectivity index (χ0v) is 9.27. The van der Waals surface area contributed by atoms with Crippen LogP contribution < -0.4 is 0 Å². The van der Waals surface area contributed by atoms with E-state index in [1.54, 1.807) is 0 Å². The molecule has 0 radical (unpaired) electrons. The Kier molecular flexibility index (Phi) is 4.75. The van der Waals surface area contributed by atoms with E-state index >= 15 is 0 Å². The zero-order chi connectivity index (χ0) is 11.3. The average Bonchev–Trinajstić information content (AvgIpc) is 2.68. The quantitative estimate of drug-likeness (QED) is 0.511. The van der Waals surface area contributed by atoms with Crippen molar-refractivity contribution in [3.8, 4) is 0 Å². The van der Waals surface area contributed by atoms with Crippen LogP contribution in [0.15, 0.2) is 0 Å². The van der Waals surface area contributed by atoms with Gasteiger partial charge in [-0.1, -0.05) is 6.92 Å². The Morgan fingerprint density at radius 3 is 2.87 bits per heavy atom. The van der Waals surface area contributed by atoms with Gasteiger partial charge in [-0.05, 0) is 19.3 Å². The first kappa shape index (κ1) is 12.2. The molecule has 0 N–H and O–H groups in total. The van der Waals surface area contributed by atoms with E-state index in [0.717, 1.165) is 19.1 Å². The molecule has 1 aliphatic rings. The summed E-state index contributed by atoms with van der Waals surface area (Å²) in [5.74, 6) is -0.402. The van der Waals surface area contributed by atoms with Crippen LogP contribution in [0.4, 0.5) is 0 Å². The Bertz CT molecular complexity index is 227. The Hall–Kier alpha value is -0.900. The predicted octanol–water partition coefficient (Wildman–Crippen LogP) is 1.32. The summed E-state index contributed by atoms with van der Waals surface area (Å²) in [6.45, 7) is 1.94. The molecule has 0 spiro atoms. The normalized spacial score (nSPS) is 27.3. The van der Waals surface area contributed by atoms with Gasteiger partial charge in [-0.3, -0.25) is 4.79 Å². The second-order valence-corrected chi connectivity index (χ2v) is 3.81. The van der Waals surface area contributed by atoms with Gasteiger partial charge in [0.2, 0.25) is 0 Å². The van der Waals surface area contributed by atoms with Gasteiger partial charge in [0.1, 0.15) is 6.29 Å². The van der Waals surface area contributed by atoms with Gasteiger partial charge < -0.3 is 14.3 Å². The molecule has 0 aliphatic carbocycles. The Labute approximate surface area is 89.9 Å². The highest BCUT2D eigenvalue weighted by Crippen LogP contribution is 2.29. The van der Waals surface area contributed by atoms with Crippen molar-refractivity contribution in [2.24, 2.45) is 5.92 Å². The van der Waals surface area contributed by atoms with Gasteiger partial charge in [-0.15, -0.1) is 0 Å². The number of hydrogen-bond acceptors (Lipinski definition) is 4. The minimum Gasteiger partial charge on any atom is -0.469 e. The fourth-order valence-electron chi connectivity index (χ4n) is 2.04. The van der Waals surface area contributed by atoms with Crippen molar-refractivity contribution in [1.82, 2.24) is 0 Å². The minimum absolute atomic E-state index is 0.00814. The fourth-order valence-corrected chi connectivity index (χ4v) is 2.04. The average molecular weight is 214 g/mol. The number of esters is 1. The zero-order valence-electron chi connectivity index (χ0n) is 9.27. The van der Waals surface area contributed by atoms with Crippen LogP contribution in [0.1, 0.15) is 32.6 Å². The highest BCUT2D eigenvalue weighted by atomic mass is 16.5. The molecule has 0 aromatic rings. The number of carbonyl (C=O) groups excluding carboxylic acids is 2. The van der Waals surface area contributed by atoms with Crippen LogP contribution in [0.3, 0.4) is 0 Å². The van der Waals surface area contributed by atoms with Crippen molar-refractivity contribution < 1.29 is 19.1 Å². The first-order chi connectivity index (χ1) is 7.22. The van der Waals surface area contributed by atoms with E-state index in [2.05, 4.69) is 0 Å². The van der Waals surface area contributed by atoms with Crippen molar-refractivity contribution >= 4 is 12.3 Å². The SMILES string of the molecule is CC[C@H](C(=O)OC)[C@H]1CC[C@@H](CC=O)O1. The van der Waals surface area contributed by atoms with Crippen LogP contribution in [0.25, 0.3) is 0 Å². The maximum atomic E-state index is 11.4. The van der Waals surface area contributed by atoms with Gasteiger partial charge in [0, 0.05) is 6.42 Å². The Balaban J connectivity index is 2.49. The summed E-state index contributed by atoms with van der Waals surface area (Å²) in [6, 6.07) is 0. The van der Waals surface area contributed by atoms with E-state index in [4.69, 9.17) is 9.47 Å². The molecule has 1 aliphatic heterocycles. The minimum atomic E-state index is -0.214. The molecule has 0 aromatic heterocycles. The molecular formula is C11H18O4. The van der Waals surface area contributed by atoms with Crippen molar-refractivity contribution in [3.63, 3.8) is 0 Å². The van der Waals surface area contributed by atoms with Crippen LogP contribution in [-0.2, 0) is 19.1 Å². The second-order valence-electron chi connectivity index (χ2n) is 3.81. The number of carbonyl (C=O) groups is 2. The number of methoxy groups -OCH3 is 1. The van der Waals surface area contributed by atoms with Crippen molar-refractivity contribution in [2.75, 3.05) is 7.11 Å². The van der Waals surface area contributed by atoms with E-state index in [-0.39, 0.29) is 24.1 Å². The lowest BCUT2D eigenvalue weighted by atomic mass is 9.97. The van der Waals surface area contributed by atoms with E-state index in [1.807, 2.05) is 6.92 Å². The molecule has 0 saturated carbocycles. The molecule has 15 heavy (non-hydrogen) atoms. The lowest BCUT2D eigenvalue weighted by Gasteiger charge is -2.19. The van der Waals surface area contributed by atoms with E-state index < -0.39 is 0 Å². The first-order valence-corrected chi connectivity index (χ1v) is 5.39. The standard InChI is InChI=1S/C11H18O4/c1-3-9(11(13)14-2)10-5-4-8(15-10)6-7-12/h7-10H,3-6H2,1-2H3/t8-,9-,10+/m0/s1. The molecule has 86 valence electrons. The van der Waals surface area contributed by atoms with E-state index in [0.29, 0.717) is 12.8 Å². The molecule has 0 amide bonds. The maximum absolute atomic E-state index is 11.4. The largest absolute Gasteiger partial charge is 0.469 e. The molecule has 0 unspecified atom stereocenters. The predicted molar refractivity (Wildman–Crippen MR) is 54.4 cm³/mol. The molecule has 4 nitrogen and oxygen atoms in total. The molecule has 3 atom stereocenters. The summed E-state index contributed by atoms with van der Waals surface area (Å²) < 4.78 is 10.4. The highest BCUT2D eigenvalue weighted by Gasteiger charge is 2.34. The monoisotopic (exact) mass is 214 g/mol. The second kappa shape index (κ2) is 5.85.